The molecule has 0 aromatic heterocycles. The number of fused-ring (bicyclic) bond motifs is 5. The predicted octanol–water partition coefficient (Wildman–Crippen LogP) is 7.83. The molecule has 0 heterocycles. The van der Waals surface area contributed by atoms with Gasteiger partial charge in [0.2, 0.25) is 0 Å². The lowest BCUT2D eigenvalue weighted by Crippen LogP contribution is -2.68. The van der Waals surface area contributed by atoms with Gasteiger partial charge in [0.05, 0.1) is 17.3 Å². The van der Waals surface area contributed by atoms with Crippen LogP contribution < -0.4 is 0 Å². The molecule has 0 aliphatic heterocycles. The average molecular weight is 551 g/mol. The Morgan fingerprint density at radius 1 is 1.05 bits per heavy atom. The smallest absolute Gasteiger partial charge is 0.338 e. The summed E-state index contributed by atoms with van der Waals surface area (Å²) in [6, 6.07) is 9.08. The van der Waals surface area contributed by atoms with E-state index in [2.05, 4.69) is 47.3 Å². The van der Waals surface area contributed by atoms with Crippen LogP contribution in [-0.4, -0.2) is 34.0 Å². The molecule has 0 bridgehead atoms. The normalized spacial score (nSPS) is 42.3. The first kappa shape index (κ1) is 29.8. The van der Waals surface area contributed by atoms with Gasteiger partial charge < -0.3 is 14.9 Å². The van der Waals surface area contributed by atoms with Crippen molar-refractivity contribution in [2.45, 2.75) is 117 Å². The highest BCUT2D eigenvalue weighted by atomic mass is 16.5. The third-order valence-electron chi connectivity index (χ3n) is 13.0. The molecule has 1 aromatic carbocycles. The first-order chi connectivity index (χ1) is 18.9. The Bertz CT molecular complexity index is 1050. The van der Waals surface area contributed by atoms with Crippen molar-refractivity contribution in [1.29, 1.82) is 0 Å². The van der Waals surface area contributed by atoms with E-state index in [1.54, 1.807) is 12.1 Å². The van der Waals surface area contributed by atoms with Crippen molar-refractivity contribution in [1.82, 2.24) is 0 Å². The van der Waals surface area contributed by atoms with Crippen LogP contribution in [0.5, 0.6) is 0 Å². The van der Waals surface area contributed by atoms with Crippen LogP contribution in [-0.2, 0) is 4.74 Å². The van der Waals surface area contributed by atoms with Crippen molar-refractivity contribution >= 4 is 5.97 Å². The van der Waals surface area contributed by atoms with Crippen molar-refractivity contribution in [2.75, 3.05) is 0 Å². The molecular formula is C36H54O4. The Morgan fingerprint density at radius 2 is 1.77 bits per heavy atom. The number of rotatable bonds is 8. The van der Waals surface area contributed by atoms with Gasteiger partial charge in [-0.25, -0.2) is 4.79 Å². The Balaban J connectivity index is 1.29. The summed E-state index contributed by atoms with van der Waals surface area (Å²) in [5, 5.41) is 23.8. The van der Waals surface area contributed by atoms with Crippen molar-refractivity contribution < 1.29 is 19.7 Å². The second-order valence-corrected chi connectivity index (χ2v) is 15.0. The van der Waals surface area contributed by atoms with Gasteiger partial charge in [-0.05, 0) is 117 Å². The maximum atomic E-state index is 12.8. The number of hydrogen-bond acceptors (Lipinski definition) is 4. The molecule has 222 valence electrons. The number of aliphatic hydroxyl groups is 2. The van der Waals surface area contributed by atoms with Crippen LogP contribution in [0.4, 0.5) is 0 Å². The van der Waals surface area contributed by atoms with E-state index in [4.69, 9.17) is 4.74 Å². The fourth-order valence-electron chi connectivity index (χ4n) is 10.5. The molecule has 4 aliphatic carbocycles. The van der Waals surface area contributed by atoms with Gasteiger partial charge in [-0.1, -0.05) is 58.9 Å². The van der Waals surface area contributed by atoms with E-state index in [-0.39, 0.29) is 17.5 Å². The lowest BCUT2D eigenvalue weighted by Gasteiger charge is -2.65. The molecule has 1 aromatic rings. The van der Waals surface area contributed by atoms with E-state index in [0.29, 0.717) is 59.3 Å². The van der Waals surface area contributed by atoms with E-state index in [0.717, 1.165) is 25.2 Å². The van der Waals surface area contributed by atoms with Gasteiger partial charge in [0.1, 0.15) is 6.10 Å². The Morgan fingerprint density at radius 3 is 2.45 bits per heavy atom. The van der Waals surface area contributed by atoms with Gasteiger partial charge in [-0.15, -0.1) is 6.58 Å². The Labute approximate surface area is 243 Å². The topological polar surface area (TPSA) is 66.8 Å². The van der Waals surface area contributed by atoms with Gasteiger partial charge in [0, 0.05) is 11.8 Å². The second kappa shape index (κ2) is 11.2. The van der Waals surface area contributed by atoms with Crippen LogP contribution in [0.25, 0.3) is 0 Å². The monoisotopic (exact) mass is 550 g/mol. The molecule has 2 N–H and O–H groups in total. The third-order valence-corrected chi connectivity index (χ3v) is 13.0. The van der Waals surface area contributed by atoms with Crippen LogP contribution in [0.2, 0.25) is 0 Å². The highest BCUT2D eigenvalue weighted by Gasteiger charge is 2.67. The molecular weight excluding hydrogens is 496 g/mol. The van der Waals surface area contributed by atoms with Crippen molar-refractivity contribution in [3.05, 3.63) is 48.6 Å². The number of carbonyl (C=O) groups is 1. The van der Waals surface area contributed by atoms with Gasteiger partial charge >= 0.3 is 5.97 Å². The molecule has 0 radical (unpaired) electrons. The molecule has 4 nitrogen and oxygen atoms in total. The summed E-state index contributed by atoms with van der Waals surface area (Å²) in [6.45, 7) is 16.0. The summed E-state index contributed by atoms with van der Waals surface area (Å²) < 4.78 is 5.89. The molecule has 40 heavy (non-hydrogen) atoms. The first-order valence-corrected chi connectivity index (χ1v) is 16.2. The lowest BCUT2D eigenvalue weighted by atomic mass is 9.42. The zero-order valence-electron chi connectivity index (χ0n) is 25.6. The van der Waals surface area contributed by atoms with Gasteiger partial charge in [-0.2, -0.15) is 0 Å². The number of esters is 1. The molecule has 4 heteroatoms. The first-order valence-electron chi connectivity index (χ1n) is 16.2. The summed E-state index contributed by atoms with van der Waals surface area (Å²) in [6.07, 6.45) is 10.9. The van der Waals surface area contributed by atoms with Gasteiger partial charge in [0.15, 0.2) is 0 Å². The Hall–Kier alpha value is -1.65. The fourth-order valence-corrected chi connectivity index (χ4v) is 10.5. The maximum absolute atomic E-state index is 12.8. The third kappa shape index (κ3) is 4.89. The Kier molecular flexibility index (Phi) is 8.36. The largest absolute Gasteiger partial charge is 0.459 e. The summed E-state index contributed by atoms with van der Waals surface area (Å²) in [5.41, 5.74) is -0.725. The maximum Gasteiger partial charge on any atom is 0.338 e. The standard InChI is InChI=1S/C36H54O4/c1-7-25(23(2)3)14-13-24(4)29-15-16-30-28-21-32(37)36(39)22-27(40-33(38)26-11-9-8-10-12-26)17-20-35(36,6)31(28)18-19-34(29,30)5/h7-12,23-25,27-32,37,39H,1,13-22H2,2-6H3/t24-,25-,27+,28+,29-,30+,31+,32-,34-,35-,36+/m1/s1. The molecule has 5 rings (SSSR count). The number of aliphatic hydroxyl groups excluding tert-OH is 1. The summed E-state index contributed by atoms with van der Waals surface area (Å²) in [7, 11) is 0. The lowest BCUT2D eigenvalue weighted by molar-refractivity contribution is -0.264. The molecule has 0 spiro atoms. The van der Waals surface area contributed by atoms with Gasteiger partial charge in [-0.3, -0.25) is 0 Å². The van der Waals surface area contributed by atoms with Gasteiger partial charge in [0.25, 0.3) is 0 Å². The predicted molar refractivity (Wildman–Crippen MR) is 161 cm³/mol. The van der Waals surface area contributed by atoms with E-state index in [9.17, 15) is 15.0 Å². The van der Waals surface area contributed by atoms with Crippen LogP contribution in [0.3, 0.4) is 0 Å². The quantitative estimate of drug-likeness (QED) is 0.256. The molecule has 0 saturated heterocycles. The second-order valence-electron chi connectivity index (χ2n) is 15.0. The molecule has 11 atom stereocenters. The van der Waals surface area contributed by atoms with E-state index >= 15 is 0 Å². The van der Waals surface area contributed by atoms with Crippen LogP contribution in [0.15, 0.2) is 43.0 Å². The minimum Gasteiger partial charge on any atom is -0.459 e. The van der Waals surface area contributed by atoms with E-state index in [1.807, 2.05) is 18.2 Å². The van der Waals surface area contributed by atoms with Crippen LogP contribution in [0, 0.1) is 52.3 Å². The van der Waals surface area contributed by atoms with Crippen LogP contribution >= 0.6 is 0 Å². The minimum absolute atomic E-state index is 0.316. The molecule has 4 aliphatic rings. The SMILES string of the molecule is C=C[C@H](CC[C@@H](C)[C@H]1CC[C@H]2[C@@H]3C[C@@H](O)[C@@]4(O)C[C@@H](OC(=O)c5ccccc5)CC[C@]4(C)[C@H]3CC[C@]12C)C(C)C. The number of benzene rings is 1. The highest BCUT2D eigenvalue weighted by molar-refractivity contribution is 5.89. The van der Waals surface area contributed by atoms with Crippen molar-refractivity contribution in [2.24, 2.45) is 52.3 Å². The summed E-state index contributed by atoms with van der Waals surface area (Å²) in [4.78, 5) is 12.8. The highest BCUT2D eigenvalue weighted by Crippen LogP contribution is 2.69. The number of ether oxygens (including phenoxy) is 1. The zero-order chi connectivity index (χ0) is 28.9. The summed E-state index contributed by atoms with van der Waals surface area (Å²) >= 11 is 0. The summed E-state index contributed by atoms with van der Waals surface area (Å²) in [5.74, 6) is 3.81. The number of carbonyl (C=O) groups excluding carboxylic acids is 1. The van der Waals surface area contributed by atoms with Crippen molar-refractivity contribution in [3.63, 3.8) is 0 Å². The number of hydrogen-bond donors (Lipinski definition) is 2. The molecule has 0 unspecified atom stereocenters. The van der Waals surface area contributed by atoms with Crippen molar-refractivity contribution in [3.8, 4) is 0 Å². The number of allylic oxidation sites excluding steroid dienone is 1. The van der Waals surface area contributed by atoms with E-state index < -0.39 is 11.7 Å². The molecule has 4 fully saturated rings. The fraction of sp³-hybridized carbons (Fsp3) is 0.750. The minimum atomic E-state index is -1.22. The zero-order valence-corrected chi connectivity index (χ0v) is 25.6. The van der Waals surface area contributed by atoms with E-state index in [1.165, 1.54) is 32.1 Å². The molecule has 4 saturated carbocycles. The molecule has 0 amide bonds. The van der Waals surface area contributed by atoms with Crippen LogP contribution in [0.1, 0.15) is 109 Å². The average Bonchev–Trinajstić information content (AvgIpc) is 3.28.